The van der Waals surface area contributed by atoms with E-state index >= 15 is 0 Å². The highest BCUT2D eigenvalue weighted by atomic mass is 35.5. The molecule has 0 unspecified atom stereocenters. The van der Waals surface area contributed by atoms with Gasteiger partial charge in [0.15, 0.2) is 0 Å². The van der Waals surface area contributed by atoms with Crippen LogP contribution >= 0.6 is 22.9 Å². The number of aromatic nitrogens is 2. The monoisotopic (exact) mass is 507 g/mol. The molecule has 2 aromatic carbocycles. The fourth-order valence-corrected chi connectivity index (χ4v) is 5.87. The molecule has 0 aliphatic heterocycles. The number of aliphatic carboxylic acids is 1. The molecule has 6 nitrogen and oxygen atoms in total. The van der Waals surface area contributed by atoms with Gasteiger partial charge in [0.2, 0.25) is 0 Å². The van der Waals surface area contributed by atoms with Crippen LogP contribution in [0.3, 0.4) is 0 Å². The summed E-state index contributed by atoms with van der Waals surface area (Å²) in [6.45, 7) is 1.08. The highest BCUT2D eigenvalue weighted by molar-refractivity contribution is 7.13. The molecule has 0 radical (unpaired) electrons. The first-order chi connectivity index (χ1) is 17.0. The van der Waals surface area contributed by atoms with Crippen molar-refractivity contribution in [1.29, 1.82) is 0 Å². The van der Waals surface area contributed by atoms with Crippen LogP contribution in [0.15, 0.2) is 60.1 Å². The van der Waals surface area contributed by atoms with Gasteiger partial charge in [-0.15, -0.1) is 11.3 Å². The lowest BCUT2D eigenvalue weighted by molar-refractivity contribution is -0.143. The van der Waals surface area contributed by atoms with Crippen LogP contribution in [0.25, 0.3) is 21.5 Å². The van der Waals surface area contributed by atoms with E-state index in [1.54, 1.807) is 17.4 Å². The molecule has 0 saturated heterocycles. The van der Waals surface area contributed by atoms with E-state index in [0.29, 0.717) is 42.4 Å². The van der Waals surface area contributed by atoms with Crippen molar-refractivity contribution in [3.05, 3.63) is 76.4 Å². The molecule has 4 aromatic rings. The summed E-state index contributed by atoms with van der Waals surface area (Å²) in [5, 5.41) is 16.7. The maximum Gasteiger partial charge on any atom is 0.306 e. The van der Waals surface area contributed by atoms with Crippen molar-refractivity contribution in [3.8, 4) is 10.6 Å². The molecule has 8 heteroatoms. The van der Waals surface area contributed by atoms with Gasteiger partial charge in [-0.1, -0.05) is 41.9 Å². The predicted octanol–water partition coefficient (Wildman–Crippen LogP) is 6.09. The number of fused-ring (bicyclic) bond motifs is 1. The lowest BCUT2D eigenvalue weighted by Gasteiger charge is -2.26. The van der Waals surface area contributed by atoms with Crippen LogP contribution in [0.2, 0.25) is 5.02 Å². The molecule has 1 saturated carbocycles. The van der Waals surface area contributed by atoms with Crippen molar-refractivity contribution in [3.63, 3.8) is 0 Å². The van der Waals surface area contributed by atoms with E-state index < -0.39 is 5.97 Å². The van der Waals surface area contributed by atoms with Gasteiger partial charge in [-0.2, -0.15) is 0 Å². The fourth-order valence-electron chi connectivity index (χ4n) is 4.83. The Morgan fingerprint density at radius 3 is 2.63 bits per heavy atom. The Balaban J connectivity index is 1.33. The fraction of sp³-hybridized carbons (Fsp3) is 0.296. The smallest absolute Gasteiger partial charge is 0.306 e. The van der Waals surface area contributed by atoms with E-state index in [4.69, 9.17) is 16.6 Å². The summed E-state index contributed by atoms with van der Waals surface area (Å²) in [5.74, 6) is -0.847. The van der Waals surface area contributed by atoms with Gasteiger partial charge < -0.3 is 15.0 Å². The summed E-state index contributed by atoms with van der Waals surface area (Å²) in [4.78, 5) is 29.2. The molecule has 0 atom stereocenters. The molecule has 1 aliphatic carbocycles. The Morgan fingerprint density at radius 1 is 1.11 bits per heavy atom. The summed E-state index contributed by atoms with van der Waals surface area (Å²) in [7, 11) is 0. The minimum absolute atomic E-state index is 0.166. The minimum Gasteiger partial charge on any atom is -0.481 e. The molecular formula is C27H26ClN3O3S. The van der Waals surface area contributed by atoms with Crippen molar-refractivity contribution >= 4 is 45.7 Å². The van der Waals surface area contributed by atoms with Gasteiger partial charge in [-0.3, -0.25) is 9.59 Å². The van der Waals surface area contributed by atoms with Crippen molar-refractivity contribution in [2.45, 2.75) is 32.2 Å². The normalized spacial score (nSPS) is 18.0. The van der Waals surface area contributed by atoms with E-state index in [1.807, 2.05) is 53.2 Å². The van der Waals surface area contributed by atoms with Crippen LogP contribution < -0.4 is 5.32 Å². The number of carbonyl (C=O) groups excluding carboxylic acids is 1. The van der Waals surface area contributed by atoms with Crippen LogP contribution in [0.1, 0.15) is 41.7 Å². The van der Waals surface area contributed by atoms with Crippen LogP contribution in [0.4, 0.5) is 0 Å². The molecule has 2 N–H and O–H groups in total. The largest absolute Gasteiger partial charge is 0.481 e. The van der Waals surface area contributed by atoms with Gasteiger partial charge in [-0.25, -0.2) is 4.98 Å². The van der Waals surface area contributed by atoms with E-state index in [1.165, 1.54) is 0 Å². The number of halogens is 1. The first-order valence-electron chi connectivity index (χ1n) is 11.8. The Labute approximate surface area is 212 Å². The number of benzene rings is 2. The molecule has 180 valence electrons. The first kappa shape index (κ1) is 23.6. The lowest BCUT2D eigenvalue weighted by atomic mass is 9.82. The number of rotatable bonds is 7. The number of hydrogen-bond donors (Lipinski definition) is 2. The molecule has 1 amide bonds. The number of amides is 1. The molecule has 1 fully saturated rings. The standard InChI is InChI=1S/C27H26ClN3O3S/c28-21-12-20-10-11-31(15-22-16-35-26(30-22)18-4-2-1-3-5-18)24(20)23(13-21)25(32)29-14-17-6-8-19(9-7-17)27(33)34/h1-5,10-13,16-17,19H,6-9,14-15H2,(H,29,32)(H,33,34)/t17-,19-. The number of nitrogens with one attached hydrogen (secondary N) is 1. The summed E-state index contributed by atoms with van der Waals surface area (Å²) in [6, 6.07) is 15.6. The number of carbonyl (C=O) groups is 2. The molecule has 2 heterocycles. The lowest BCUT2D eigenvalue weighted by Crippen LogP contribution is -2.32. The van der Waals surface area contributed by atoms with Gasteiger partial charge in [0, 0.05) is 34.1 Å². The average molecular weight is 508 g/mol. The zero-order valence-electron chi connectivity index (χ0n) is 19.1. The van der Waals surface area contributed by atoms with E-state index in [9.17, 15) is 14.7 Å². The van der Waals surface area contributed by atoms with Gasteiger partial charge >= 0.3 is 5.97 Å². The molecular weight excluding hydrogens is 482 g/mol. The first-order valence-corrected chi connectivity index (χ1v) is 13.0. The van der Waals surface area contributed by atoms with Crippen LogP contribution in [-0.4, -0.2) is 33.1 Å². The second-order valence-electron chi connectivity index (χ2n) is 9.11. The second kappa shape index (κ2) is 10.2. The Kier molecular flexibility index (Phi) is 6.88. The summed E-state index contributed by atoms with van der Waals surface area (Å²) in [5.41, 5.74) is 3.39. The number of carboxylic acid groups (broad SMARTS) is 1. The van der Waals surface area contributed by atoms with Crippen LogP contribution in [0.5, 0.6) is 0 Å². The molecule has 0 bridgehead atoms. The van der Waals surface area contributed by atoms with Crippen molar-refractivity contribution < 1.29 is 14.7 Å². The third kappa shape index (κ3) is 5.26. The van der Waals surface area contributed by atoms with Gasteiger partial charge in [-0.05, 0) is 49.8 Å². The molecule has 1 aliphatic rings. The summed E-state index contributed by atoms with van der Waals surface area (Å²) in [6.07, 6.45) is 4.92. The number of hydrogen-bond acceptors (Lipinski definition) is 4. The predicted molar refractivity (Wildman–Crippen MR) is 139 cm³/mol. The summed E-state index contributed by atoms with van der Waals surface area (Å²) < 4.78 is 2.04. The van der Waals surface area contributed by atoms with Crippen LogP contribution in [-0.2, 0) is 11.3 Å². The van der Waals surface area contributed by atoms with Crippen molar-refractivity contribution in [2.24, 2.45) is 11.8 Å². The quantitative estimate of drug-likeness (QED) is 0.317. The second-order valence-corrected chi connectivity index (χ2v) is 10.4. The Bertz CT molecular complexity index is 1360. The summed E-state index contributed by atoms with van der Waals surface area (Å²) >= 11 is 7.95. The topological polar surface area (TPSA) is 84.2 Å². The third-order valence-electron chi connectivity index (χ3n) is 6.72. The zero-order chi connectivity index (χ0) is 24.4. The van der Waals surface area contributed by atoms with Crippen molar-refractivity contribution in [1.82, 2.24) is 14.9 Å². The SMILES string of the molecule is O=C(NC[C@H]1CC[C@H](C(=O)O)CC1)c1cc(Cl)cc2ccn(Cc3csc(-c4ccccc4)n3)c12. The maximum atomic E-state index is 13.2. The highest BCUT2D eigenvalue weighted by Crippen LogP contribution is 2.30. The number of nitrogens with zero attached hydrogens (tertiary/aromatic N) is 2. The van der Waals surface area contributed by atoms with Crippen molar-refractivity contribution in [2.75, 3.05) is 6.54 Å². The molecule has 2 aromatic heterocycles. The Hall–Kier alpha value is -3.16. The van der Waals surface area contributed by atoms with E-state index in [-0.39, 0.29) is 11.8 Å². The molecule has 35 heavy (non-hydrogen) atoms. The van der Waals surface area contributed by atoms with Gasteiger partial charge in [0.1, 0.15) is 5.01 Å². The molecule has 5 rings (SSSR count). The third-order valence-corrected chi connectivity index (χ3v) is 7.88. The zero-order valence-corrected chi connectivity index (χ0v) is 20.7. The minimum atomic E-state index is -0.717. The number of thiazole rings is 1. The van der Waals surface area contributed by atoms with Gasteiger partial charge in [0.25, 0.3) is 5.91 Å². The molecule has 0 spiro atoms. The van der Waals surface area contributed by atoms with Crippen LogP contribution in [0, 0.1) is 11.8 Å². The maximum absolute atomic E-state index is 13.2. The highest BCUT2D eigenvalue weighted by Gasteiger charge is 2.26. The Morgan fingerprint density at radius 2 is 1.89 bits per heavy atom. The number of carboxylic acids is 1. The van der Waals surface area contributed by atoms with E-state index in [2.05, 4.69) is 10.7 Å². The average Bonchev–Trinajstić information content (AvgIpc) is 3.50. The van der Waals surface area contributed by atoms with E-state index in [0.717, 1.165) is 40.0 Å². The van der Waals surface area contributed by atoms with Gasteiger partial charge in [0.05, 0.1) is 29.2 Å².